The fourth-order valence-corrected chi connectivity index (χ4v) is 0.814. The number of rotatable bonds is 1. The van der Waals surface area contributed by atoms with Crippen molar-refractivity contribution in [3.63, 3.8) is 0 Å². The van der Waals surface area contributed by atoms with E-state index in [2.05, 4.69) is 5.73 Å². The van der Waals surface area contributed by atoms with Gasteiger partial charge in [-0.15, -0.1) is 0 Å². The Morgan fingerprint density at radius 1 is 1.33 bits per heavy atom. The van der Waals surface area contributed by atoms with E-state index in [1.165, 1.54) is 0 Å². The second-order valence-corrected chi connectivity index (χ2v) is 2.27. The lowest BCUT2D eigenvalue weighted by atomic mass is 10.1. The average molecular weight is 122 g/mol. The molecule has 0 aliphatic rings. The molecule has 0 saturated carbocycles. The SMILES string of the molecule is [2H]Nc1c(C)cccc1C. The predicted molar refractivity (Wildman–Crippen MR) is 40.3 cm³/mol. The van der Waals surface area contributed by atoms with Gasteiger partial charge in [-0.05, 0) is 25.0 Å². The molecule has 1 nitrogen and oxygen atoms in total. The Kier molecular flexibility index (Phi) is 1.13. The zero-order valence-corrected chi connectivity index (χ0v) is 5.73. The van der Waals surface area contributed by atoms with Crippen molar-refractivity contribution in [2.24, 2.45) is 0 Å². The molecule has 0 heterocycles. The minimum atomic E-state index is 0.919. The largest absolute Gasteiger partial charge is 0.398 e. The monoisotopic (exact) mass is 122 g/mol. The molecule has 1 rings (SSSR count). The van der Waals surface area contributed by atoms with Gasteiger partial charge in [-0.1, -0.05) is 18.2 Å². The van der Waals surface area contributed by atoms with E-state index in [0.29, 0.717) is 0 Å². The van der Waals surface area contributed by atoms with Crippen molar-refractivity contribution in [2.75, 3.05) is 5.73 Å². The summed E-state index contributed by atoms with van der Waals surface area (Å²) in [4.78, 5) is 0. The van der Waals surface area contributed by atoms with Crippen LogP contribution in [0.4, 0.5) is 5.69 Å². The highest BCUT2D eigenvalue weighted by atomic mass is 14.6. The maximum atomic E-state index is 6.98. The summed E-state index contributed by atoms with van der Waals surface area (Å²) in [6.45, 7) is 3.98. The standard InChI is InChI=1S/C8H11N/c1-6-4-3-5-7(2)8(6)9/h3-5H,9H2,1-2H3/i/hD. The molecular weight excluding hydrogens is 110 g/mol. The number of anilines is 1. The van der Waals surface area contributed by atoms with E-state index >= 15 is 0 Å². The van der Waals surface area contributed by atoms with E-state index in [-0.39, 0.29) is 0 Å². The molecule has 1 aromatic carbocycles. The fraction of sp³-hybridized carbons (Fsp3) is 0.250. The molecule has 0 fully saturated rings. The van der Waals surface area contributed by atoms with Gasteiger partial charge in [0, 0.05) is 5.69 Å². The zero-order valence-electron chi connectivity index (χ0n) is 6.73. The Hall–Kier alpha value is -0.980. The lowest BCUT2D eigenvalue weighted by Crippen LogP contribution is -1.91. The summed E-state index contributed by atoms with van der Waals surface area (Å²) in [6, 6.07) is 5.97. The van der Waals surface area contributed by atoms with Crippen LogP contribution in [0.25, 0.3) is 0 Å². The van der Waals surface area contributed by atoms with E-state index in [0.717, 1.165) is 16.8 Å². The highest BCUT2D eigenvalue weighted by molar-refractivity contribution is 5.52. The van der Waals surface area contributed by atoms with Crippen molar-refractivity contribution < 1.29 is 1.41 Å². The van der Waals surface area contributed by atoms with E-state index < -0.39 is 0 Å². The van der Waals surface area contributed by atoms with Crippen LogP contribution in [0.3, 0.4) is 0 Å². The smallest absolute Gasteiger partial charge is 0.156 e. The van der Waals surface area contributed by atoms with Crippen molar-refractivity contribution in [1.29, 1.82) is 0 Å². The van der Waals surface area contributed by atoms with Crippen molar-refractivity contribution in [3.8, 4) is 0 Å². The molecule has 2 N–H and O–H groups in total. The van der Waals surface area contributed by atoms with Gasteiger partial charge in [0.15, 0.2) is 1.41 Å². The molecule has 48 valence electrons. The zero-order chi connectivity index (χ0) is 7.56. The summed E-state index contributed by atoms with van der Waals surface area (Å²) >= 11 is 0. The molecule has 0 atom stereocenters. The van der Waals surface area contributed by atoms with Crippen LogP contribution in [0, 0.1) is 13.8 Å². The van der Waals surface area contributed by atoms with Crippen LogP contribution >= 0.6 is 0 Å². The first-order chi connectivity index (χ1) is 4.75. The third kappa shape index (κ3) is 1.04. The summed E-state index contributed by atoms with van der Waals surface area (Å²) < 4.78 is 6.98. The van der Waals surface area contributed by atoms with Crippen LogP contribution in [0.1, 0.15) is 11.1 Å². The minimum Gasteiger partial charge on any atom is -0.398 e. The van der Waals surface area contributed by atoms with Gasteiger partial charge in [0.2, 0.25) is 0 Å². The quantitative estimate of drug-likeness (QED) is 0.565. The molecule has 9 heavy (non-hydrogen) atoms. The molecule has 0 amide bonds. The third-order valence-corrected chi connectivity index (χ3v) is 1.48. The van der Waals surface area contributed by atoms with Gasteiger partial charge < -0.3 is 5.73 Å². The molecule has 1 heteroatoms. The first-order valence-electron chi connectivity index (χ1n) is 3.49. The summed E-state index contributed by atoms with van der Waals surface area (Å²) in [6.07, 6.45) is 0. The van der Waals surface area contributed by atoms with Gasteiger partial charge in [-0.3, -0.25) is 0 Å². The topological polar surface area (TPSA) is 26.0 Å². The van der Waals surface area contributed by atoms with Crippen LogP contribution in [-0.2, 0) is 0 Å². The lowest BCUT2D eigenvalue weighted by molar-refractivity contribution is 1.39. The summed E-state index contributed by atoms with van der Waals surface area (Å²) in [7, 11) is 0. The molecule has 1 aromatic rings. The van der Waals surface area contributed by atoms with Gasteiger partial charge in [0.25, 0.3) is 0 Å². The molecule has 0 saturated heterocycles. The number of hydrogen-bond donors (Lipinski definition) is 1. The number of hydrogen-bond acceptors (Lipinski definition) is 1. The van der Waals surface area contributed by atoms with Gasteiger partial charge in [0.1, 0.15) is 0 Å². The van der Waals surface area contributed by atoms with Gasteiger partial charge in [-0.2, -0.15) is 0 Å². The van der Waals surface area contributed by atoms with Crippen molar-refractivity contribution in [3.05, 3.63) is 29.3 Å². The lowest BCUT2D eigenvalue weighted by Gasteiger charge is -2.00. The van der Waals surface area contributed by atoms with Gasteiger partial charge in [0.05, 0.1) is 0 Å². The van der Waals surface area contributed by atoms with Crippen LogP contribution in [0.2, 0.25) is 1.41 Å². The van der Waals surface area contributed by atoms with E-state index in [4.69, 9.17) is 1.41 Å². The summed E-state index contributed by atoms with van der Waals surface area (Å²) in [5, 5.41) is 0. The molecule has 0 spiro atoms. The molecule has 0 bridgehead atoms. The Morgan fingerprint density at radius 3 is 2.22 bits per heavy atom. The highest BCUT2D eigenvalue weighted by Gasteiger charge is 1.92. The Labute approximate surface area is 57.0 Å². The third-order valence-electron chi connectivity index (χ3n) is 1.48. The number of para-hydroxylation sites is 1. The minimum absolute atomic E-state index is 0.919. The van der Waals surface area contributed by atoms with Gasteiger partial charge in [-0.25, -0.2) is 0 Å². The average Bonchev–Trinajstić information content (AvgIpc) is 1.88. The molecule has 0 unspecified atom stereocenters. The van der Waals surface area contributed by atoms with Gasteiger partial charge >= 0.3 is 0 Å². The van der Waals surface area contributed by atoms with Crippen LogP contribution in [0.5, 0.6) is 0 Å². The summed E-state index contributed by atoms with van der Waals surface area (Å²) in [5.41, 5.74) is 5.57. The number of nitrogen functional groups attached to an aromatic ring is 1. The Bertz CT molecular complexity index is 212. The van der Waals surface area contributed by atoms with E-state index in [1.807, 2.05) is 32.0 Å². The van der Waals surface area contributed by atoms with Crippen LogP contribution in [-0.4, -0.2) is 0 Å². The number of aryl methyl sites for hydroxylation is 2. The summed E-state index contributed by atoms with van der Waals surface area (Å²) in [5.74, 6) is 0. The first kappa shape index (κ1) is 4.86. The van der Waals surface area contributed by atoms with E-state index in [9.17, 15) is 0 Å². The molecular formula is C8H11N. The van der Waals surface area contributed by atoms with E-state index in [1.54, 1.807) is 0 Å². The second kappa shape index (κ2) is 2.09. The van der Waals surface area contributed by atoms with Crippen LogP contribution in [0.15, 0.2) is 18.2 Å². The Morgan fingerprint density at radius 2 is 1.89 bits per heavy atom. The van der Waals surface area contributed by atoms with Crippen molar-refractivity contribution in [1.82, 2.24) is 0 Å². The molecule has 0 aromatic heterocycles. The van der Waals surface area contributed by atoms with Crippen molar-refractivity contribution in [2.45, 2.75) is 13.8 Å². The van der Waals surface area contributed by atoms with Crippen LogP contribution < -0.4 is 5.73 Å². The normalized spacial score (nSPS) is 10.7. The maximum absolute atomic E-state index is 6.98. The fourth-order valence-electron chi connectivity index (χ4n) is 0.814. The number of benzene rings is 1. The molecule has 0 radical (unpaired) electrons. The predicted octanol–water partition coefficient (Wildman–Crippen LogP) is 1.89. The molecule has 0 aliphatic heterocycles. The highest BCUT2D eigenvalue weighted by Crippen LogP contribution is 2.13. The number of nitrogens with two attached hydrogens (primary N) is 1. The second-order valence-electron chi connectivity index (χ2n) is 2.27. The first-order valence-corrected chi connectivity index (χ1v) is 2.99. The molecule has 0 aliphatic carbocycles. The Balaban J connectivity index is 3.17. The maximum Gasteiger partial charge on any atom is 0.156 e. The van der Waals surface area contributed by atoms with Crippen molar-refractivity contribution >= 4 is 5.69 Å².